The number of halogens is 1. The minimum atomic E-state index is -3.93. The molecular formula is C14H18FN3O4S. The van der Waals surface area contributed by atoms with Crippen LogP contribution in [0.1, 0.15) is 12.8 Å². The Hall–Kier alpha value is -1.55. The van der Waals surface area contributed by atoms with Crippen molar-refractivity contribution in [2.24, 2.45) is 0 Å². The topological polar surface area (TPSA) is 96.5 Å². The number of carbonyl (C=O) groups excluding carboxylic acids is 1. The number of anilines is 1. The van der Waals surface area contributed by atoms with Crippen LogP contribution in [-0.4, -0.2) is 46.2 Å². The van der Waals surface area contributed by atoms with Crippen molar-refractivity contribution in [3.05, 3.63) is 24.0 Å². The second-order valence-electron chi connectivity index (χ2n) is 5.61. The van der Waals surface area contributed by atoms with E-state index in [1.165, 1.54) is 6.07 Å². The molecule has 1 aromatic carbocycles. The van der Waals surface area contributed by atoms with Gasteiger partial charge in [-0.1, -0.05) is 0 Å². The smallest absolute Gasteiger partial charge is 0.243 e. The highest BCUT2D eigenvalue weighted by molar-refractivity contribution is 7.89. The van der Waals surface area contributed by atoms with Gasteiger partial charge in [-0.05, 0) is 31.0 Å². The fourth-order valence-electron chi connectivity index (χ4n) is 2.23. The Morgan fingerprint density at radius 2 is 2.13 bits per heavy atom. The van der Waals surface area contributed by atoms with Crippen molar-refractivity contribution in [2.75, 3.05) is 25.1 Å². The molecule has 1 amide bonds. The second kappa shape index (κ2) is 6.52. The lowest BCUT2D eigenvalue weighted by Crippen LogP contribution is -2.48. The van der Waals surface area contributed by atoms with Crippen LogP contribution >= 0.6 is 0 Å². The van der Waals surface area contributed by atoms with Gasteiger partial charge in [0.2, 0.25) is 15.9 Å². The molecule has 1 unspecified atom stereocenters. The van der Waals surface area contributed by atoms with E-state index < -0.39 is 26.8 Å². The first-order valence-corrected chi connectivity index (χ1v) is 8.88. The summed E-state index contributed by atoms with van der Waals surface area (Å²) in [5.41, 5.74) is 0.222. The first kappa shape index (κ1) is 16.3. The summed E-state index contributed by atoms with van der Waals surface area (Å²) in [5, 5.41) is 5.57. The molecule has 1 heterocycles. The number of benzene rings is 1. The number of sulfonamides is 1. The van der Waals surface area contributed by atoms with Crippen molar-refractivity contribution in [2.45, 2.75) is 29.8 Å². The van der Waals surface area contributed by atoms with Gasteiger partial charge in [0.05, 0.1) is 13.2 Å². The van der Waals surface area contributed by atoms with Crippen molar-refractivity contribution in [1.29, 1.82) is 0 Å². The lowest BCUT2D eigenvalue weighted by atomic mass is 10.2. The van der Waals surface area contributed by atoms with Crippen molar-refractivity contribution in [3.8, 4) is 0 Å². The fourth-order valence-corrected chi connectivity index (χ4v) is 3.64. The fraction of sp³-hybridized carbons (Fsp3) is 0.500. The molecule has 126 valence electrons. The van der Waals surface area contributed by atoms with Gasteiger partial charge in [-0.3, -0.25) is 4.79 Å². The van der Waals surface area contributed by atoms with Gasteiger partial charge in [0.15, 0.2) is 0 Å². The Balaban J connectivity index is 1.75. The maximum Gasteiger partial charge on any atom is 0.243 e. The van der Waals surface area contributed by atoms with Gasteiger partial charge in [0, 0.05) is 18.3 Å². The standard InChI is InChI=1S/C14H18FN3O4S/c15-11-4-3-10(17-14(19)12-8-22-6-5-16-12)7-13(11)23(20,21)18-9-1-2-9/h3-4,7,9,12,16,18H,1-2,5-6,8H2,(H,17,19). The molecule has 9 heteroatoms. The largest absolute Gasteiger partial charge is 0.378 e. The molecule has 1 atom stereocenters. The van der Waals surface area contributed by atoms with E-state index in [1.54, 1.807) is 0 Å². The normalized spacial score (nSPS) is 21.9. The zero-order valence-corrected chi connectivity index (χ0v) is 13.2. The van der Waals surface area contributed by atoms with Crippen LogP contribution in [0.25, 0.3) is 0 Å². The van der Waals surface area contributed by atoms with Gasteiger partial charge < -0.3 is 15.4 Å². The number of rotatable bonds is 5. The zero-order valence-electron chi connectivity index (χ0n) is 12.3. The molecule has 0 spiro atoms. The Bertz CT molecular complexity index is 700. The molecule has 3 rings (SSSR count). The van der Waals surface area contributed by atoms with E-state index in [0.29, 0.717) is 13.2 Å². The highest BCUT2D eigenvalue weighted by Crippen LogP contribution is 2.25. The van der Waals surface area contributed by atoms with Crippen LogP contribution in [0.3, 0.4) is 0 Å². The van der Waals surface area contributed by atoms with Crippen LogP contribution in [0, 0.1) is 5.82 Å². The summed E-state index contributed by atoms with van der Waals surface area (Å²) < 4.78 is 45.8. The summed E-state index contributed by atoms with van der Waals surface area (Å²) in [7, 11) is -3.93. The molecule has 1 aromatic rings. The van der Waals surface area contributed by atoms with Crippen LogP contribution in [0.4, 0.5) is 10.1 Å². The van der Waals surface area contributed by atoms with Crippen molar-refractivity contribution >= 4 is 21.6 Å². The van der Waals surface area contributed by atoms with Crippen LogP contribution in [0.15, 0.2) is 23.1 Å². The highest BCUT2D eigenvalue weighted by Gasteiger charge is 2.30. The third-order valence-electron chi connectivity index (χ3n) is 3.63. The van der Waals surface area contributed by atoms with Crippen LogP contribution in [-0.2, 0) is 19.6 Å². The van der Waals surface area contributed by atoms with E-state index in [0.717, 1.165) is 25.0 Å². The third kappa shape index (κ3) is 4.05. The maximum absolute atomic E-state index is 13.9. The number of carbonyl (C=O) groups is 1. The summed E-state index contributed by atoms with van der Waals surface area (Å²) in [6.07, 6.45) is 1.51. The number of nitrogens with one attached hydrogen (secondary N) is 3. The molecule has 0 radical (unpaired) electrons. The lowest BCUT2D eigenvalue weighted by Gasteiger charge is -2.23. The Labute approximate surface area is 133 Å². The zero-order chi connectivity index (χ0) is 16.4. The Morgan fingerprint density at radius 3 is 2.78 bits per heavy atom. The van der Waals surface area contributed by atoms with E-state index in [9.17, 15) is 17.6 Å². The van der Waals surface area contributed by atoms with E-state index in [2.05, 4.69) is 15.4 Å². The number of hydrogen-bond donors (Lipinski definition) is 3. The summed E-state index contributed by atoms with van der Waals surface area (Å²) in [5.74, 6) is -1.20. The summed E-state index contributed by atoms with van der Waals surface area (Å²) >= 11 is 0. The molecule has 1 aliphatic carbocycles. The quantitative estimate of drug-likeness (QED) is 0.709. The lowest BCUT2D eigenvalue weighted by molar-refractivity contribution is -0.120. The molecular weight excluding hydrogens is 325 g/mol. The van der Waals surface area contributed by atoms with Gasteiger partial charge in [-0.25, -0.2) is 17.5 Å². The molecule has 3 N–H and O–H groups in total. The third-order valence-corrected chi connectivity index (χ3v) is 5.16. The van der Waals surface area contributed by atoms with Crippen molar-refractivity contribution in [1.82, 2.24) is 10.0 Å². The second-order valence-corrected chi connectivity index (χ2v) is 7.29. The van der Waals surface area contributed by atoms with Gasteiger partial charge in [-0.15, -0.1) is 0 Å². The Kier molecular flexibility index (Phi) is 4.62. The molecule has 2 aliphatic rings. The van der Waals surface area contributed by atoms with Crippen molar-refractivity contribution in [3.63, 3.8) is 0 Å². The monoisotopic (exact) mass is 343 g/mol. The molecule has 1 saturated carbocycles. The van der Waals surface area contributed by atoms with E-state index >= 15 is 0 Å². The maximum atomic E-state index is 13.9. The summed E-state index contributed by atoms with van der Waals surface area (Å²) in [6.45, 7) is 1.34. The minimum absolute atomic E-state index is 0.124. The highest BCUT2D eigenvalue weighted by atomic mass is 32.2. The van der Waals surface area contributed by atoms with E-state index in [4.69, 9.17) is 4.74 Å². The SMILES string of the molecule is O=C(Nc1ccc(F)c(S(=O)(=O)NC2CC2)c1)C1COCCN1. The molecule has 23 heavy (non-hydrogen) atoms. The average Bonchev–Trinajstić information content (AvgIpc) is 3.33. The van der Waals surface area contributed by atoms with Gasteiger partial charge >= 0.3 is 0 Å². The number of amides is 1. The molecule has 0 bridgehead atoms. The predicted octanol–water partition coefficient (Wildman–Crippen LogP) is 0.193. The van der Waals surface area contributed by atoms with Gasteiger partial charge in [0.1, 0.15) is 16.8 Å². The number of morpholine rings is 1. The van der Waals surface area contributed by atoms with Gasteiger partial charge in [-0.2, -0.15) is 0 Å². The summed E-state index contributed by atoms with van der Waals surface area (Å²) in [6, 6.07) is 2.84. The molecule has 0 aromatic heterocycles. The van der Waals surface area contributed by atoms with E-state index in [1.807, 2.05) is 0 Å². The molecule has 1 saturated heterocycles. The molecule has 1 aliphatic heterocycles. The summed E-state index contributed by atoms with van der Waals surface area (Å²) in [4.78, 5) is 11.6. The molecule has 7 nitrogen and oxygen atoms in total. The average molecular weight is 343 g/mol. The van der Waals surface area contributed by atoms with Crippen LogP contribution in [0.2, 0.25) is 0 Å². The number of hydrogen-bond acceptors (Lipinski definition) is 5. The predicted molar refractivity (Wildman–Crippen MR) is 81.0 cm³/mol. The van der Waals surface area contributed by atoms with Crippen molar-refractivity contribution < 1.29 is 22.3 Å². The van der Waals surface area contributed by atoms with E-state index in [-0.39, 0.29) is 24.2 Å². The minimum Gasteiger partial charge on any atom is -0.378 e. The first-order chi connectivity index (χ1) is 11.0. The van der Waals surface area contributed by atoms with Crippen LogP contribution in [0.5, 0.6) is 0 Å². The first-order valence-electron chi connectivity index (χ1n) is 7.39. The van der Waals surface area contributed by atoms with Crippen LogP contribution < -0.4 is 15.4 Å². The van der Waals surface area contributed by atoms with Gasteiger partial charge in [0.25, 0.3) is 0 Å². The Morgan fingerprint density at radius 1 is 1.35 bits per heavy atom. The number of ether oxygens (including phenoxy) is 1. The molecule has 2 fully saturated rings.